The second-order valence-corrected chi connectivity index (χ2v) is 7.62. The van der Waals surface area contributed by atoms with Crippen molar-refractivity contribution >= 4 is 67.3 Å². The molecule has 0 aliphatic carbocycles. The van der Waals surface area contributed by atoms with E-state index >= 15 is 0 Å². The first-order valence-corrected chi connectivity index (χ1v) is 8.75. The van der Waals surface area contributed by atoms with E-state index in [9.17, 15) is 8.42 Å². The van der Waals surface area contributed by atoms with Crippen LogP contribution in [0.2, 0.25) is 10.0 Å². The zero-order valence-corrected chi connectivity index (χ0v) is 14.8. The van der Waals surface area contributed by atoms with Gasteiger partial charge in [0.15, 0.2) is 5.82 Å². The van der Waals surface area contributed by atoms with Crippen LogP contribution in [0.1, 0.15) is 0 Å². The highest BCUT2D eigenvalue weighted by Gasteiger charge is 2.18. The van der Waals surface area contributed by atoms with Crippen LogP contribution in [0.3, 0.4) is 0 Å². The van der Waals surface area contributed by atoms with Gasteiger partial charge in [-0.3, -0.25) is 4.72 Å². The molecule has 0 amide bonds. The first-order valence-electron chi connectivity index (χ1n) is 5.43. The van der Waals surface area contributed by atoms with Crippen molar-refractivity contribution in [3.05, 3.63) is 44.1 Å². The van der Waals surface area contributed by atoms with Crippen LogP contribution in [0, 0.1) is 3.57 Å². The summed E-state index contributed by atoms with van der Waals surface area (Å²) in [4.78, 5) is 3.72. The summed E-state index contributed by atoms with van der Waals surface area (Å²) >= 11 is 13.9. The van der Waals surface area contributed by atoms with Crippen molar-refractivity contribution in [2.75, 3.05) is 10.1 Å². The van der Waals surface area contributed by atoms with Crippen LogP contribution in [0.4, 0.5) is 11.5 Å². The summed E-state index contributed by atoms with van der Waals surface area (Å²) in [6.45, 7) is 0. The van der Waals surface area contributed by atoms with Crippen LogP contribution in [0.25, 0.3) is 0 Å². The summed E-state index contributed by atoms with van der Waals surface area (Å²) < 4.78 is 27.8. The third-order valence-electron chi connectivity index (χ3n) is 2.44. The first kappa shape index (κ1) is 16.6. The van der Waals surface area contributed by atoms with Crippen LogP contribution in [-0.2, 0) is 10.0 Å². The summed E-state index contributed by atoms with van der Waals surface area (Å²) in [6, 6.07) is 6.20. The van der Waals surface area contributed by atoms with Gasteiger partial charge in [0.2, 0.25) is 0 Å². The Morgan fingerprint density at radius 3 is 2.48 bits per heavy atom. The van der Waals surface area contributed by atoms with Gasteiger partial charge in [-0.25, -0.2) is 19.2 Å². The summed E-state index contributed by atoms with van der Waals surface area (Å²) in [7, 11) is -3.85. The number of hydrogen-bond acceptors (Lipinski definition) is 5. The first-order chi connectivity index (χ1) is 9.83. The third kappa shape index (κ3) is 3.89. The molecule has 0 saturated carbocycles. The second kappa shape index (κ2) is 6.53. The van der Waals surface area contributed by atoms with Crippen LogP contribution in [-0.4, -0.2) is 13.4 Å². The van der Waals surface area contributed by atoms with E-state index in [1.807, 2.05) is 0 Å². The van der Waals surface area contributed by atoms with Gasteiger partial charge in [0.05, 0.1) is 15.7 Å². The highest BCUT2D eigenvalue weighted by atomic mass is 127. The van der Waals surface area contributed by atoms with Gasteiger partial charge in [0, 0.05) is 9.77 Å². The molecule has 0 aliphatic heterocycles. The lowest BCUT2D eigenvalue weighted by molar-refractivity contribution is 0.601. The minimum absolute atomic E-state index is 0.0917. The molecule has 2 rings (SSSR count). The number of aromatic nitrogens is 1. The molecule has 1 heterocycles. The van der Waals surface area contributed by atoms with Crippen molar-refractivity contribution < 1.29 is 8.42 Å². The Labute approximate surface area is 145 Å². The Balaban J connectivity index is 2.36. The van der Waals surface area contributed by atoms with Crippen molar-refractivity contribution in [3.8, 4) is 0 Å². The topological polar surface area (TPSA) is 97.1 Å². The predicted octanol–water partition coefficient (Wildman–Crippen LogP) is 3.08. The largest absolute Gasteiger partial charge is 0.307 e. The molecule has 0 aliphatic rings. The molecule has 0 unspecified atom stereocenters. The Bertz CT molecular complexity index is 786. The number of pyridine rings is 1. The Morgan fingerprint density at radius 1 is 1.19 bits per heavy atom. The maximum absolute atomic E-state index is 12.3. The molecule has 1 aromatic carbocycles. The molecule has 112 valence electrons. The smallest absolute Gasteiger partial charge is 0.263 e. The summed E-state index contributed by atoms with van der Waals surface area (Å²) in [5.74, 6) is 5.37. The molecule has 2 aromatic rings. The fourth-order valence-corrected chi connectivity index (χ4v) is 3.74. The Hall–Kier alpha value is -0.810. The minimum Gasteiger partial charge on any atom is -0.307 e. The highest BCUT2D eigenvalue weighted by molar-refractivity contribution is 14.1. The van der Waals surface area contributed by atoms with Crippen LogP contribution < -0.4 is 16.0 Å². The van der Waals surface area contributed by atoms with Gasteiger partial charge < -0.3 is 5.43 Å². The van der Waals surface area contributed by atoms with E-state index in [0.29, 0.717) is 5.02 Å². The van der Waals surface area contributed by atoms with Crippen molar-refractivity contribution in [2.45, 2.75) is 4.90 Å². The Kier molecular flexibility index (Phi) is 5.15. The van der Waals surface area contributed by atoms with E-state index in [2.05, 4.69) is 37.7 Å². The summed E-state index contributed by atoms with van der Waals surface area (Å²) in [5, 5.41) is 0.388. The number of sulfonamides is 1. The fraction of sp³-hybridized carbons (Fsp3) is 0. The molecule has 21 heavy (non-hydrogen) atoms. The molecule has 0 saturated heterocycles. The van der Waals surface area contributed by atoms with Gasteiger partial charge >= 0.3 is 0 Å². The SMILES string of the molecule is NNc1ncc(S(=O)(=O)Nc2ccc(I)cc2Cl)cc1Cl. The van der Waals surface area contributed by atoms with Gasteiger partial charge in [-0.1, -0.05) is 23.2 Å². The second-order valence-electron chi connectivity index (χ2n) is 3.88. The normalized spacial score (nSPS) is 11.2. The molecule has 0 bridgehead atoms. The molecule has 10 heteroatoms. The number of nitrogen functional groups attached to an aromatic ring is 1. The van der Waals surface area contributed by atoms with Gasteiger partial charge in [-0.15, -0.1) is 0 Å². The molecule has 0 fully saturated rings. The van der Waals surface area contributed by atoms with E-state index in [1.54, 1.807) is 18.2 Å². The van der Waals surface area contributed by atoms with E-state index < -0.39 is 10.0 Å². The standard InChI is InChI=1S/C11H9Cl2IN4O2S/c12-8-3-6(14)1-2-10(8)18-21(19,20)7-4-9(13)11(17-15)16-5-7/h1-5,18H,15H2,(H,16,17). The van der Waals surface area contributed by atoms with Crippen molar-refractivity contribution in [3.63, 3.8) is 0 Å². The number of nitrogens with two attached hydrogens (primary N) is 1. The summed E-state index contributed by atoms with van der Waals surface area (Å²) in [5.41, 5.74) is 2.53. The number of nitrogens with one attached hydrogen (secondary N) is 2. The summed E-state index contributed by atoms with van der Waals surface area (Å²) in [6.07, 6.45) is 1.14. The quantitative estimate of drug-likeness (QED) is 0.371. The van der Waals surface area contributed by atoms with Crippen LogP contribution in [0.15, 0.2) is 35.4 Å². The lowest BCUT2D eigenvalue weighted by atomic mass is 10.3. The zero-order chi connectivity index (χ0) is 15.6. The molecule has 0 radical (unpaired) electrons. The van der Waals surface area contributed by atoms with Crippen molar-refractivity contribution in [1.82, 2.24) is 4.98 Å². The number of anilines is 2. The molecule has 6 nitrogen and oxygen atoms in total. The monoisotopic (exact) mass is 458 g/mol. The number of halogens is 3. The number of hydrazine groups is 1. The van der Waals surface area contributed by atoms with Crippen LogP contribution >= 0.6 is 45.8 Å². The Morgan fingerprint density at radius 2 is 1.90 bits per heavy atom. The van der Waals surface area contributed by atoms with Crippen LogP contribution in [0.5, 0.6) is 0 Å². The molecule has 1 aromatic heterocycles. The molecule has 0 spiro atoms. The number of benzene rings is 1. The molecule has 0 atom stereocenters. The minimum atomic E-state index is -3.85. The predicted molar refractivity (Wildman–Crippen MR) is 92.0 cm³/mol. The lowest BCUT2D eigenvalue weighted by Gasteiger charge is -2.11. The third-order valence-corrected chi connectivity index (χ3v) is 5.04. The van der Waals surface area contributed by atoms with E-state index in [-0.39, 0.29) is 21.4 Å². The number of hydrogen-bond donors (Lipinski definition) is 3. The molecular formula is C11H9Cl2IN4O2S. The number of nitrogens with zero attached hydrogens (tertiary/aromatic N) is 1. The fourth-order valence-electron chi connectivity index (χ4n) is 1.45. The average molecular weight is 459 g/mol. The maximum Gasteiger partial charge on any atom is 0.263 e. The van der Waals surface area contributed by atoms with Gasteiger partial charge in [0.1, 0.15) is 4.90 Å². The van der Waals surface area contributed by atoms with E-state index in [0.717, 1.165) is 9.77 Å². The average Bonchev–Trinajstić information content (AvgIpc) is 2.42. The maximum atomic E-state index is 12.3. The van der Waals surface area contributed by atoms with Crippen molar-refractivity contribution in [1.29, 1.82) is 0 Å². The number of rotatable bonds is 4. The zero-order valence-electron chi connectivity index (χ0n) is 10.3. The molecule has 4 N–H and O–H groups in total. The highest BCUT2D eigenvalue weighted by Crippen LogP contribution is 2.27. The van der Waals surface area contributed by atoms with Gasteiger partial charge in [-0.2, -0.15) is 0 Å². The molecular weight excluding hydrogens is 450 g/mol. The van der Waals surface area contributed by atoms with E-state index in [1.165, 1.54) is 6.07 Å². The van der Waals surface area contributed by atoms with E-state index in [4.69, 9.17) is 29.0 Å². The van der Waals surface area contributed by atoms with Gasteiger partial charge in [0.25, 0.3) is 10.0 Å². The lowest BCUT2D eigenvalue weighted by Crippen LogP contribution is -2.15. The van der Waals surface area contributed by atoms with Crippen molar-refractivity contribution in [2.24, 2.45) is 5.84 Å². The van der Waals surface area contributed by atoms with Gasteiger partial charge in [-0.05, 0) is 46.9 Å².